The molecule has 0 spiro atoms. The zero-order chi connectivity index (χ0) is 14.1. The third-order valence-corrected chi connectivity index (χ3v) is 3.50. The van der Waals surface area contributed by atoms with Gasteiger partial charge < -0.3 is 10.3 Å². The van der Waals surface area contributed by atoms with E-state index in [4.69, 9.17) is 0 Å². The molecule has 3 N–H and O–H groups in total. The Labute approximate surface area is 115 Å². The number of hydrogen-bond donors (Lipinski definition) is 3. The normalized spacial score (nSPS) is 17.6. The molecule has 5 nitrogen and oxygen atoms in total. The fraction of sp³-hybridized carbons (Fsp3) is 0.286. The van der Waals surface area contributed by atoms with Crippen molar-refractivity contribution in [2.24, 2.45) is 0 Å². The fourth-order valence-electron chi connectivity index (χ4n) is 2.30. The average Bonchev–Trinajstić information content (AvgIpc) is 2.90. The van der Waals surface area contributed by atoms with Gasteiger partial charge >= 0.3 is 0 Å². The molecule has 3 rings (SSSR count). The van der Waals surface area contributed by atoms with Gasteiger partial charge in [0.25, 0.3) is 0 Å². The SMILES string of the molecule is Cc1ccc(F)cc1NC(=O)C1Cc2nc[nH]c2CN1. The summed E-state index contributed by atoms with van der Waals surface area (Å²) in [5.41, 5.74) is 3.25. The van der Waals surface area contributed by atoms with Crippen LogP contribution in [0.3, 0.4) is 0 Å². The first-order chi connectivity index (χ1) is 9.63. The van der Waals surface area contributed by atoms with Crippen LogP contribution in [0.4, 0.5) is 10.1 Å². The maximum absolute atomic E-state index is 13.2. The zero-order valence-corrected chi connectivity index (χ0v) is 11.0. The van der Waals surface area contributed by atoms with Crippen LogP contribution >= 0.6 is 0 Å². The smallest absolute Gasteiger partial charge is 0.241 e. The number of imidazole rings is 1. The third-order valence-electron chi connectivity index (χ3n) is 3.50. The number of nitrogens with one attached hydrogen (secondary N) is 3. The number of aromatic nitrogens is 2. The van der Waals surface area contributed by atoms with Crippen LogP contribution in [-0.4, -0.2) is 21.9 Å². The van der Waals surface area contributed by atoms with Crippen LogP contribution in [-0.2, 0) is 17.8 Å². The summed E-state index contributed by atoms with van der Waals surface area (Å²) in [5.74, 6) is -0.538. The van der Waals surface area contributed by atoms with Gasteiger partial charge in [0.1, 0.15) is 5.82 Å². The minimum Gasteiger partial charge on any atom is -0.347 e. The van der Waals surface area contributed by atoms with Gasteiger partial charge in [-0.05, 0) is 24.6 Å². The monoisotopic (exact) mass is 274 g/mol. The van der Waals surface area contributed by atoms with Crippen molar-refractivity contribution in [3.63, 3.8) is 0 Å². The third kappa shape index (κ3) is 2.42. The van der Waals surface area contributed by atoms with Crippen LogP contribution in [0, 0.1) is 12.7 Å². The lowest BCUT2D eigenvalue weighted by molar-refractivity contribution is -0.118. The van der Waals surface area contributed by atoms with E-state index in [-0.39, 0.29) is 17.8 Å². The number of nitrogens with zero attached hydrogens (tertiary/aromatic N) is 1. The van der Waals surface area contributed by atoms with Gasteiger partial charge in [-0.3, -0.25) is 10.1 Å². The summed E-state index contributed by atoms with van der Waals surface area (Å²) in [5, 5.41) is 5.90. The van der Waals surface area contributed by atoms with Gasteiger partial charge in [0.2, 0.25) is 5.91 Å². The lowest BCUT2D eigenvalue weighted by Gasteiger charge is -2.22. The van der Waals surface area contributed by atoms with Gasteiger partial charge in [-0.1, -0.05) is 6.07 Å². The highest BCUT2D eigenvalue weighted by atomic mass is 19.1. The number of amides is 1. The van der Waals surface area contributed by atoms with Crippen molar-refractivity contribution in [2.75, 3.05) is 5.32 Å². The Morgan fingerprint density at radius 2 is 2.35 bits per heavy atom. The summed E-state index contributed by atoms with van der Waals surface area (Å²) in [6, 6.07) is 3.99. The van der Waals surface area contributed by atoms with Crippen LogP contribution in [0.15, 0.2) is 24.5 Å². The minimum absolute atomic E-state index is 0.174. The maximum atomic E-state index is 13.2. The number of aromatic amines is 1. The van der Waals surface area contributed by atoms with E-state index in [0.29, 0.717) is 18.7 Å². The van der Waals surface area contributed by atoms with Crippen molar-refractivity contribution in [3.05, 3.63) is 47.3 Å². The van der Waals surface area contributed by atoms with Crippen LogP contribution in [0.25, 0.3) is 0 Å². The summed E-state index contributed by atoms with van der Waals surface area (Å²) < 4.78 is 13.2. The maximum Gasteiger partial charge on any atom is 0.241 e. The van der Waals surface area contributed by atoms with Gasteiger partial charge in [0.05, 0.1) is 23.8 Å². The van der Waals surface area contributed by atoms with E-state index in [0.717, 1.165) is 17.0 Å². The van der Waals surface area contributed by atoms with Crippen molar-refractivity contribution in [3.8, 4) is 0 Å². The number of H-pyrrole nitrogens is 1. The van der Waals surface area contributed by atoms with Crippen molar-refractivity contribution >= 4 is 11.6 Å². The number of halogens is 1. The second-order valence-corrected chi connectivity index (χ2v) is 4.91. The molecule has 1 atom stereocenters. The van der Waals surface area contributed by atoms with Crippen molar-refractivity contribution < 1.29 is 9.18 Å². The molecular weight excluding hydrogens is 259 g/mol. The zero-order valence-electron chi connectivity index (χ0n) is 11.0. The van der Waals surface area contributed by atoms with E-state index in [1.54, 1.807) is 12.4 Å². The Morgan fingerprint density at radius 3 is 3.20 bits per heavy atom. The lowest BCUT2D eigenvalue weighted by Crippen LogP contribution is -2.44. The first kappa shape index (κ1) is 12.8. The number of fused-ring (bicyclic) bond motifs is 1. The molecule has 0 aliphatic carbocycles. The van der Waals surface area contributed by atoms with Gasteiger partial charge in [-0.2, -0.15) is 0 Å². The number of rotatable bonds is 2. The van der Waals surface area contributed by atoms with Gasteiger partial charge in [0, 0.05) is 18.7 Å². The molecule has 20 heavy (non-hydrogen) atoms. The van der Waals surface area contributed by atoms with E-state index in [2.05, 4.69) is 20.6 Å². The van der Waals surface area contributed by atoms with Gasteiger partial charge in [-0.25, -0.2) is 9.37 Å². The van der Waals surface area contributed by atoms with E-state index in [1.807, 2.05) is 6.92 Å². The Hall–Kier alpha value is -2.21. The predicted octanol–water partition coefficient (Wildman–Crippen LogP) is 1.51. The molecule has 2 heterocycles. The Balaban J connectivity index is 1.73. The molecule has 1 aliphatic rings. The summed E-state index contributed by atoms with van der Waals surface area (Å²) in [6.07, 6.45) is 2.16. The lowest BCUT2D eigenvalue weighted by atomic mass is 10.0. The van der Waals surface area contributed by atoms with Crippen LogP contribution in [0.5, 0.6) is 0 Å². The summed E-state index contributed by atoms with van der Waals surface area (Å²) in [7, 11) is 0. The van der Waals surface area contributed by atoms with E-state index in [9.17, 15) is 9.18 Å². The first-order valence-electron chi connectivity index (χ1n) is 6.45. The number of hydrogen-bond acceptors (Lipinski definition) is 3. The van der Waals surface area contributed by atoms with Crippen molar-refractivity contribution in [1.82, 2.24) is 15.3 Å². The van der Waals surface area contributed by atoms with Crippen LogP contribution in [0.2, 0.25) is 0 Å². The highest BCUT2D eigenvalue weighted by Crippen LogP contribution is 2.18. The molecule has 1 unspecified atom stereocenters. The Bertz CT molecular complexity index is 652. The van der Waals surface area contributed by atoms with E-state index >= 15 is 0 Å². The Morgan fingerprint density at radius 1 is 1.50 bits per heavy atom. The molecule has 6 heteroatoms. The largest absolute Gasteiger partial charge is 0.347 e. The van der Waals surface area contributed by atoms with Crippen molar-refractivity contribution in [1.29, 1.82) is 0 Å². The average molecular weight is 274 g/mol. The molecule has 2 aromatic rings. The molecule has 1 amide bonds. The van der Waals surface area contributed by atoms with Crippen LogP contribution in [0.1, 0.15) is 17.0 Å². The van der Waals surface area contributed by atoms with Crippen LogP contribution < -0.4 is 10.6 Å². The molecule has 104 valence electrons. The summed E-state index contributed by atoms with van der Waals surface area (Å²) in [6.45, 7) is 2.41. The number of anilines is 1. The first-order valence-corrected chi connectivity index (χ1v) is 6.45. The summed E-state index contributed by atoms with van der Waals surface area (Å²) >= 11 is 0. The highest BCUT2D eigenvalue weighted by Gasteiger charge is 2.26. The molecule has 1 aromatic heterocycles. The minimum atomic E-state index is -0.364. The highest BCUT2D eigenvalue weighted by molar-refractivity contribution is 5.95. The van der Waals surface area contributed by atoms with Gasteiger partial charge in [-0.15, -0.1) is 0 Å². The quantitative estimate of drug-likeness (QED) is 0.777. The molecule has 0 saturated carbocycles. The number of aryl methyl sites for hydroxylation is 1. The van der Waals surface area contributed by atoms with Crippen molar-refractivity contribution in [2.45, 2.75) is 25.9 Å². The molecule has 0 saturated heterocycles. The molecule has 1 aliphatic heterocycles. The van der Waals surface area contributed by atoms with E-state index < -0.39 is 0 Å². The second-order valence-electron chi connectivity index (χ2n) is 4.91. The molecule has 0 bridgehead atoms. The van der Waals surface area contributed by atoms with E-state index in [1.165, 1.54) is 12.1 Å². The molecule has 0 radical (unpaired) electrons. The summed E-state index contributed by atoms with van der Waals surface area (Å²) in [4.78, 5) is 19.4. The molecular formula is C14H15FN4O. The number of carbonyl (C=O) groups excluding carboxylic acids is 1. The second kappa shape index (κ2) is 5.05. The predicted molar refractivity (Wildman–Crippen MR) is 72.7 cm³/mol. The molecule has 0 fully saturated rings. The topological polar surface area (TPSA) is 69.8 Å². The standard InChI is InChI=1S/C14H15FN4O/c1-8-2-3-9(15)4-10(8)19-14(20)12-5-11-13(6-16-12)18-7-17-11/h2-4,7,12,16H,5-6H2,1H3,(H,17,18)(H,19,20). The number of benzene rings is 1. The Kier molecular flexibility index (Phi) is 3.23. The van der Waals surface area contributed by atoms with Gasteiger partial charge in [0.15, 0.2) is 0 Å². The fourth-order valence-corrected chi connectivity index (χ4v) is 2.30. The molecule has 1 aromatic carbocycles. The number of carbonyl (C=O) groups is 1.